The molecule has 2 aromatic carbocycles. The quantitative estimate of drug-likeness (QED) is 0.0506. The summed E-state index contributed by atoms with van der Waals surface area (Å²) >= 11 is 0. The molecule has 270 valence electrons. The summed E-state index contributed by atoms with van der Waals surface area (Å²) in [6, 6.07) is 16.8. The number of furan rings is 1. The number of nitrogens with two attached hydrogens (primary N) is 1. The minimum atomic E-state index is -0.942. The van der Waals surface area contributed by atoms with Crippen molar-refractivity contribution in [1.29, 1.82) is 0 Å². The van der Waals surface area contributed by atoms with E-state index in [4.69, 9.17) is 19.7 Å². The number of hydrogen-bond acceptors (Lipinski definition) is 9. The smallest absolute Gasteiger partial charge is 0.404 e. The highest BCUT2D eigenvalue weighted by molar-refractivity contribution is 5.96. The van der Waals surface area contributed by atoms with Gasteiger partial charge in [0.1, 0.15) is 24.7 Å². The van der Waals surface area contributed by atoms with Gasteiger partial charge in [0.15, 0.2) is 5.76 Å². The molecule has 0 aliphatic rings. The van der Waals surface area contributed by atoms with Gasteiger partial charge in [0.2, 0.25) is 12.3 Å². The molecule has 0 fully saturated rings. The molecule has 3 rings (SSSR count). The molecule has 50 heavy (non-hydrogen) atoms. The van der Waals surface area contributed by atoms with Crippen molar-refractivity contribution in [3.63, 3.8) is 0 Å². The summed E-state index contributed by atoms with van der Waals surface area (Å²) < 4.78 is 16.1. The lowest BCUT2D eigenvalue weighted by molar-refractivity contribution is -0.200. The maximum atomic E-state index is 13.5. The molecular formula is C36H47N5O9. The fourth-order valence-corrected chi connectivity index (χ4v) is 5.27. The highest BCUT2D eigenvalue weighted by Crippen LogP contribution is 2.28. The van der Waals surface area contributed by atoms with E-state index in [1.54, 1.807) is 31.2 Å². The molecule has 0 aliphatic carbocycles. The Morgan fingerprint density at radius 2 is 1.72 bits per heavy atom. The van der Waals surface area contributed by atoms with Crippen LogP contribution in [0.1, 0.15) is 79.4 Å². The summed E-state index contributed by atoms with van der Waals surface area (Å²) in [5, 5.41) is 9.28. The molecule has 0 radical (unpaired) electrons. The van der Waals surface area contributed by atoms with E-state index in [1.807, 2.05) is 37.3 Å². The number of amides is 5. The van der Waals surface area contributed by atoms with Crippen LogP contribution in [0.3, 0.4) is 0 Å². The number of nitrogens with one attached hydrogen (secondary N) is 3. The van der Waals surface area contributed by atoms with E-state index in [0.29, 0.717) is 42.9 Å². The summed E-state index contributed by atoms with van der Waals surface area (Å²) in [5.41, 5.74) is 6.58. The lowest BCUT2D eigenvalue weighted by Crippen LogP contribution is -2.48. The average Bonchev–Trinajstić information content (AvgIpc) is 3.62. The number of ether oxygens (including phenoxy) is 2. The zero-order chi connectivity index (χ0) is 36.3. The maximum absolute atomic E-state index is 13.5. The topological polar surface area (TPSA) is 192 Å². The molecule has 14 heteroatoms. The lowest BCUT2D eigenvalue weighted by Gasteiger charge is -2.32. The van der Waals surface area contributed by atoms with E-state index in [9.17, 15) is 24.0 Å². The van der Waals surface area contributed by atoms with Gasteiger partial charge in [-0.15, -0.1) is 0 Å². The number of carbonyl (C=O) groups is 5. The van der Waals surface area contributed by atoms with Crippen LogP contribution in [0.2, 0.25) is 0 Å². The summed E-state index contributed by atoms with van der Waals surface area (Å²) in [6.07, 6.45) is 3.36. The van der Waals surface area contributed by atoms with Gasteiger partial charge in [0, 0.05) is 11.1 Å². The van der Waals surface area contributed by atoms with E-state index in [2.05, 4.69) is 27.6 Å². The maximum Gasteiger partial charge on any atom is 0.404 e. The predicted molar refractivity (Wildman–Crippen MR) is 185 cm³/mol. The summed E-state index contributed by atoms with van der Waals surface area (Å²) in [7, 11) is 0. The van der Waals surface area contributed by atoms with Gasteiger partial charge in [-0.2, -0.15) is 0 Å². The zero-order valence-electron chi connectivity index (χ0n) is 28.8. The number of primary amides is 1. The Labute approximate surface area is 291 Å². The Bertz CT molecular complexity index is 1550. The van der Waals surface area contributed by atoms with Crippen molar-refractivity contribution >= 4 is 30.2 Å². The molecule has 5 amide bonds. The summed E-state index contributed by atoms with van der Waals surface area (Å²) in [5.74, 6) is -1.21. The van der Waals surface area contributed by atoms with Crippen LogP contribution in [0.5, 0.6) is 5.75 Å². The van der Waals surface area contributed by atoms with Crippen LogP contribution < -0.4 is 26.4 Å². The van der Waals surface area contributed by atoms with Crippen LogP contribution in [0.25, 0.3) is 11.3 Å². The zero-order valence-corrected chi connectivity index (χ0v) is 28.8. The van der Waals surface area contributed by atoms with Gasteiger partial charge >= 0.3 is 6.09 Å². The number of nitrogens with zero attached hydrogens (tertiary/aromatic N) is 1. The van der Waals surface area contributed by atoms with E-state index in [-0.39, 0.29) is 43.7 Å². The van der Waals surface area contributed by atoms with Gasteiger partial charge < -0.3 is 35.6 Å². The Morgan fingerprint density at radius 1 is 0.940 bits per heavy atom. The molecule has 14 nitrogen and oxygen atoms in total. The molecule has 1 heterocycles. The van der Waals surface area contributed by atoms with Gasteiger partial charge in [0.05, 0.1) is 31.8 Å². The van der Waals surface area contributed by atoms with Crippen LogP contribution in [-0.4, -0.2) is 67.8 Å². The highest BCUT2D eigenvalue weighted by atomic mass is 16.7. The standard InChI is InChI=1S/C36H47N5O9/c1-4-7-9-14-29(30(5-2)41(24-42)49-22-25-12-10-8-11-13-25)34(44)39-23-40-35(45)32-16-15-31(50-32)26-19-27(21-28(20-26)47-6-3)33(43)38-17-18-48-36(37)46/h8,10-13,15-16,19-21,24,29-30H,4-7,9,14,17-18,22-23H2,1-3H3,(H2,37,46)(H,38,43)(H,39,44)(H,40,45)/t29?,30-/m1/s1. The Kier molecular flexibility index (Phi) is 16.3. The van der Waals surface area contributed by atoms with Crippen LogP contribution in [-0.2, 0) is 25.8 Å². The van der Waals surface area contributed by atoms with Crippen molar-refractivity contribution in [2.24, 2.45) is 11.7 Å². The molecule has 0 bridgehead atoms. The van der Waals surface area contributed by atoms with Gasteiger partial charge in [-0.25, -0.2) is 9.86 Å². The van der Waals surface area contributed by atoms with Crippen molar-refractivity contribution in [2.45, 2.75) is 65.5 Å². The van der Waals surface area contributed by atoms with Gasteiger partial charge in [0.25, 0.3) is 11.8 Å². The first-order valence-electron chi connectivity index (χ1n) is 16.7. The van der Waals surface area contributed by atoms with Crippen LogP contribution in [0.4, 0.5) is 4.79 Å². The normalized spacial score (nSPS) is 11.9. The first-order chi connectivity index (χ1) is 24.2. The molecule has 5 N–H and O–H groups in total. The third-order valence-electron chi connectivity index (χ3n) is 7.73. The fourth-order valence-electron chi connectivity index (χ4n) is 5.27. The lowest BCUT2D eigenvalue weighted by atomic mass is 9.90. The molecule has 0 saturated carbocycles. The third-order valence-corrected chi connectivity index (χ3v) is 7.73. The van der Waals surface area contributed by atoms with Crippen LogP contribution in [0, 0.1) is 5.92 Å². The van der Waals surface area contributed by atoms with Crippen molar-refractivity contribution in [3.8, 4) is 17.1 Å². The van der Waals surface area contributed by atoms with Crippen molar-refractivity contribution in [1.82, 2.24) is 21.0 Å². The van der Waals surface area contributed by atoms with E-state index in [1.165, 1.54) is 11.1 Å². The minimum Gasteiger partial charge on any atom is -0.494 e. The molecule has 0 aliphatic heterocycles. The highest BCUT2D eigenvalue weighted by Gasteiger charge is 2.32. The summed E-state index contributed by atoms with van der Waals surface area (Å²) in [6.45, 7) is 6.08. The number of carbonyl (C=O) groups excluding carboxylic acids is 5. The molecular weight excluding hydrogens is 646 g/mol. The van der Waals surface area contributed by atoms with E-state index >= 15 is 0 Å². The molecule has 0 saturated heterocycles. The average molecular weight is 694 g/mol. The minimum absolute atomic E-state index is 0.0157. The molecule has 3 aromatic rings. The second-order valence-electron chi connectivity index (χ2n) is 11.3. The summed E-state index contributed by atoms with van der Waals surface area (Å²) in [4.78, 5) is 67.9. The number of hydroxylamine groups is 2. The largest absolute Gasteiger partial charge is 0.494 e. The predicted octanol–water partition coefficient (Wildman–Crippen LogP) is 4.54. The van der Waals surface area contributed by atoms with E-state index in [0.717, 1.165) is 24.8 Å². The Balaban J connectivity index is 1.65. The monoisotopic (exact) mass is 693 g/mol. The van der Waals surface area contributed by atoms with Crippen molar-refractivity contribution < 1.29 is 42.7 Å². The van der Waals surface area contributed by atoms with Gasteiger partial charge in [-0.3, -0.25) is 24.0 Å². The molecule has 1 aromatic heterocycles. The first kappa shape index (κ1) is 39.1. The second-order valence-corrected chi connectivity index (χ2v) is 11.3. The van der Waals surface area contributed by atoms with Crippen molar-refractivity contribution in [2.75, 3.05) is 26.4 Å². The number of hydrogen-bond donors (Lipinski definition) is 4. The van der Waals surface area contributed by atoms with Crippen molar-refractivity contribution in [3.05, 3.63) is 77.6 Å². The van der Waals surface area contributed by atoms with Gasteiger partial charge in [-0.1, -0.05) is 63.4 Å². The van der Waals surface area contributed by atoms with Gasteiger partial charge in [-0.05, 0) is 55.7 Å². The number of rotatable bonds is 22. The van der Waals surface area contributed by atoms with Crippen LogP contribution in [0.15, 0.2) is 65.1 Å². The Hall–Kier alpha value is -5.37. The van der Waals surface area contributed by atoms with Crippen LogP contribution >= 0.6 is 0 Å². The second kappa shape index (κ2) is 20.9. The van der Waals surface area contributed by atoms with E-state index < -0.39 is 29.9 Å². The fraction of sp³-hybridized carbons (Fsp3) is 0.417. The third kappa shape index (κ3) is 12.3. The Morgan fingerprint density at radius 3 is 2.40 bits per heavy atom. The molecule has 0 spiro atoms. The number of benzene rings is 2. The first-order valence-corrected chi connectivity index (χ1v) is 16.7. The number of unbranched alkanes of at least 4 members (excludes halogenated alkanes) is 2. The molecule has 2 atom stereocenters. The molecule has 1 unspecified atom stereocenters. The SMILES string of the molecule is CCCCCC(C(=O)NCNC(=O)c1ccc(-c2cc(OCC)cc(C(=O)NCCOC(N)=O)c2)o1)[C@@H](CC)N(C=O)OCc1ccccc1.